The number of rotatable bonds is 6. The van der Waals surface area contributed by atoms with Gasteiger partial charge in [-0.15, -0.1) is 0 Å². The number of para-hydroxylation sites is 1. The highest BCUT2D eigenvalue weighted by molar-refractivity contribution is 5.98. The van der Waals surface area contributed by atoms with Crippen LogP contribution in [0.25, 0.3) is 0 Å². The summed E-state index contributed by atoms with van der Waals surface area (Å²) in [7, 11) is 0. The molecule has 2 rings (SSSR count). The van der Waals surface area contributed by atoms with Gasteiger partial charge in [0.25, 0.3) is 5.91 Å². The summed E-state index contributed by atoms with van der Waals surface area (Å²) in [6.07, 6.45) is 0.159. The van der Waals surface area contributed by atoms with Gasteiger partial charge in [0.2, 0.25) is 0 Å². The Labute approximate surface area is 152 Å². The quantitative estimate of drug-likeness (QED) is 0.807. The Morgan fingerprint density at radius 2 is 1.81 bits per heavy atom. The van der Waals surface area contributed by atoms with Gasteiger partial charge in [-0.25, -0.2) is 4.79 Å². The van der Waals surface area contributed by atoms with Gasteiger partial charge in [0.15, 0.2) is 6.61 Å². The summed E-state index contributed by atoms with van der Waals surface area (Å²) in [5.41, 5.74) is 2.62. The molecule has 0 atom stereocenters. The van der Waals surface area contributed by atoms with Crippen LogP contribution in [-0.2, 0) is 9.53 Å². The van der Waals surface area contributed by atoms with Gasteiger partial charge in [-0.05, 0) is 49.2 Å². The number of ether oxygens (including phenoxy) is 1. The second-order valence-corrected chi connectivity index (χ2v) is 5.89. The predicted molar refractivity (Wildman–Crippen MR) is 96.9 cm³/mol. The highest BCUT2D eigenvalue weighted by Gasteiger charge is 2.19. The number of carbonyl (C=O) groups is 2. The van der Waals surface area contributed by atoms with Crippen LogP contribution in [0.4, 0.5) is 5.69 Å². The Morgan fingerprint density at radius 3 is 2.42 bits per heavy atom. The molecule has 2 aromatic rings. The van der Waals surface area contributed by atoms with Crippen molar-refractivity contribution in [1.82, 2.24) is 0 Å². The number of benzene rings is 2. The van der Waals surface area contributed by atoms with Crippen LogP contribution in [-0.4, -0.2) is 30.1 Å². The van der Waals surface area contributed by atoms with Gasteiger partial charge < -0.3 is 14.7 Å². The average molecular weight is 352 g/mol. The van der Waals surface area contributed by atoms with Gasteiger partial charge in [-0.3, -0.25) is 4.79 Å². The molecule has 0 aliphatic heterocycles. The Bertz CT molecular complexity index is 835. The normalized spacial score (nSPS) is 10.0. The van der Waals surface area contributed by atoms with Crippen molar-refractivity contribution in [2.75, 3.05) is 18.1 Å². The lowest BCUT2D eigenvalue weighted by molar-refractivity contribution is -0.121. The van der Waals surface area contributed by atoms with Gasteiger partial charge >= 0.3 is 5.97 Å². The van der Waals surface area contributed by atoms with E-state index in [0.717, 1.165) is 11.1 Å². The Kier molecular flexibility index (Phi) is 6.34. The minimum atomic E-state index is -0.780. The van der Waals surface area contributed by atoms with E-state index in [1.54, 1.807) is 12.1 Å². The molecule has 0 fully saturated rings. The monoisotopic (exact) mass is 352 g/mol. The zero-order chi connectivity index (χ0) is 19.1. The van der Waals surface area contributed by atoms with Crippen LogP contribution in [0.3, 0.4) is 0 Å². The van der Waals surface area contributed by atoms with E-state index in [1.807, 2.05) is 38.1 Å². The lowest BCUT2D eigenvalue weighted by atomic mass is 10.1. The summed E-state index contributed by atoms with van der Waals surface area (Å²) in [6.45, 7) is 3.56. The van der Waals surface area contributed by atoms with Gasteiger partial charge in [-0.1, -0.05) is 18.2 Å². The molecular weight excluding hydrogens is 332 g/mol. The van der Waals surface area contributed by atoms with E-state index in [-0.39, 0.29) is 24.3 Å². The SMILES string of the molecule is Cc1cc(C)cc(N(CCC#N)C(=O)COC(=O)c2ccccc2O)c1. The van der Waals surface area contributed by atoms with Crippen LogP contribution in [0.5, 0.6) is 5.75 Å². The fourth-order valence-electron chi connectivity index (χ4n) is 2.60. The molecule has 0 saturated carbocycles. The van der Waals surface area contributed by atoms with E-state index in [9.17, 15) is 14.7 Å². The van der Waals surface area contributed by atoms with Crippen molar-refractivity contribution in [3.05, 3.63) is 59.2 Å². The average Bonchev–Trinajstić information content (AvgIpc) is 2.59. The van der Waals surface area contributed by atoms with E-state index < -0.39 is 18.5 Å². The summed E-state index contributed by atoms with van der Waals surface area (Å²) < 4.78 is 5.04. The molecule has 0 heterocycles. The summed E-state index contributed by atoms with van der Waals surface area (Å²) in [4.78, 5) is 26.0. The van der Waals surface area contributed by atoms with E-state index in [1.165, 1.54) is 17.0 Å². The third-order valence-electron chi connectivity index (χ3n) is 3.72. The van der Waals surface area contributed by atoms with Crippen molar-refractivity contribution in [1.29, 1.82) is 5.26 Å². The molecule has 1 amide bonds. The largest absolute Gasteiger partial charge is 0.507 e. The molecule has 0 radical (unpaired) electrons. The Balaban J connectivity index is 2.13. The van der Waals surface area contributed by atoms with Crippen molar-refractivity contribution in [2.45, 2.75) is 20.3 Å². The first-order chi connectivity index (χ1) is 12.4. The van der Waals surface area contributed by atoms with Crippen LogP contribution in [0, 0.1) is 25.2 Å². The topological polar surface area (TPSA) is 90.6 Å². The fourth-order valence-corrected chi connectivity index (χ4v) is 2.60. The molecule has 1 N–H and O–H groups in total. The first-order valence-corrected chi connectivity index (χ1v) is 8.13. The van der Waals surface area contributed by atoms with Crippen LogP contribution in [0.2, 0.25) is 0 Å². The van der Waals surface area contributed by atoms with Crippen LogP contribution in [0.15, 0.2) is 42.5 Å². The van der Waals surface area contributed by atoms with E-state index >= 15 is 0 Å². The third-order valence-corrected chi connectivity index (χ3v) is 3.72. The fraction of sp³-hybridized carbons (Fsp3) is 0.250. The number of nitrogens with zero attached hydrogens (tertiary/aromatic N) is 2. The van der Waals surface area contributed by atoms with Crippen molar-refractivity contribution >= 4 is 17.6 Å². The molecular formula is C20H20N2O4. The number of carbonyl (C=O) groups excluding carboxylic acids is 2. The van der Waals surface area contributed by atoms with E-state index in [2.05, 4.69) is 0 Å². The maximum atomic E-state index is 12.6. The lowest BCUT2D eigenvalue weighted by Gasteiger charge is -2.22. The number of amides is 1. The maximum Gasteiger partial charge on any atom is 0.342 e. The number of anilines is 1. The second-order valence-electron chi connectivity index (χ2n) is 5.89. The Morgan fingerprint density at radius 1 is 1.15 bits per heavy atom. The number of hydrogen-bond acceptors (Lipinski definition) is 5. The van der Waals surface area contributed by atoms with Crippen molar-refractivity contribution in [3.8, 4) is 11.8 Å². The predicted octanol–water partition coefficient (Wildman–Crippen LogP) is 3.11. The first-order valence-electron chi connectivity index (χ1n) is 8.13. The zero-order valence-corrected chi connectivity index (χ0v) is 14.7. The highest BCUT2D eigenvalue weighted by atomic mass is 16.5. The molecule has 0 aromatic heterocycles. The molecule has 6 nitrogen and oxygen atoms in total. The summed E-state index contributed by atoms with van der Waals surface area (Å²) >= 11 is 0. The van der Waals surface area contributed by atoms with Gasteiger partial charge in [0, 0.05) is 12.2 Å². The van der Waals surface area contributed by atoms with Gasteiger partial charge in [-0.2, -0.15) is 5.26 Å². The molecule has 0 bridgehead atoms. The summed E-state index contributed by atoms with van der Waals surface area (Å²) in [5.74, 6) is -1.42. The van der Waals surface area contributed by atoms with Crippen molar-refractivity contribution in [2.24, 2.45) is 0 Å². The molecule has 134 valence electrons. The number of esters is 1. The highest BCUT2D eigenvalue weighted by Crippen LogP contribution is 2.20. The van der Waals surface area contributed by atoms with Gasteiger partial charge in [0.05, 0.1) is 12.5 Å². The first kappa shape index (κ1) is 19.0. The number of hydrogen-bond donors (Lipinski definition) is 1. The van der Waals surface area contributed by atoms with Crippen LogP contribution in [0.1, 0.15) is 27.9 Å². The number of aromatic hydroxyl groups is 1. The van der Waals surface area contributed by atoms with Crippen molar-refractivity contribution < 1.29 is 19.4 Å². The number of phenolic OH excluding ortho intramolecular Hbond substituents is 1. The molecule has 0 aliphatic rings. The molecule has 0 spiro atoms. The van der Waals surface area contributed by atoms with E-state index in [4.69, 9.17) is 10.00 Å². The summed E-state index contributed by atoms with van der Waals surface area (Å²) in [6, 6.07) is 13.6. The van der Waals surface area contributed by atoms with Crippen molar-refractivity contribution in [3.63, 3.8) is 0 Å². The molecule has 26 heavy (non-hydrogen) atoms. The molecule has 0 unspecified atom stereocenters. The molecule has 6 heteroatoms. The zero-order valence-electron chi connectivity index (χ0n) is 14.7. The minimum absolute atomic E-state index is 0.00438. The molecule has 0 aliphatic carbocycles. The summed E-state index contributed by atoms with van der Waals surface area (Å²) in [5, 5.41) is 18.5. The molecule has 0 saturated heterocycles. The smallest absolute Gasteiger partial charge is 0.342 e. The molecule has 2 aromatic carbocycles. The minimum Gasteiger partial charge on any atom is -0.507 e. The number of nitriles is 1. The van der Waals surface area contributed by atoms with E-state index in [0.29, 0.717) is 5.69 Å². The number of phenols is 1. The van der Waals surface area contributed by atoms with Crippen LogP contribution < -0.4 is 4.90 Å². The second kappa shape index (κ2) is 8.67. The maximum absolute atomic E-state index is 12.6. The standard InChI is InChI=1S/C20H20N2O4/c1-14-10-15(2)12-16(11-14)22(9-5-8-21)19(24)13-26-20(25)17-6-3-4-7-18(17)23/h3-4,6-7,10-12,23H,5,9,13H2,1-2H3. The van der Waals surface area contributed by atoms with Gasteiger partial charge in [0.1, 0.15) is 11.3 Å². The lowest BCUT2D eigenvalue weighted by Crippen LogP contribution is -2.35. The third kappa shape index (κ3) is 4.84. The number of aryl methyl sites for hydroxylation is 2. The Hall–Kier alpha value is -3.33. The van der Waals surface area contributed by atoms with Crippen LogP contribution >= 0.6 is 0 Å².